The van der Waals surface area contributed by atoms with Gasteiger partial charge in [-0.3, -0.25) is 4.79 Å². The minimum absolute atomic E-state index is 0. The van der Waals surface area contributed by atoms with Crippen molar-refractivity contribution in [1.82, 2.24) is 9.62 Å². The molecule has 1 saturated heterocycles. The van der Waals surface area contributed by atoms with E-state index < -0.39 is 10.0 Å². The molecule has 3 N–H and O–H groups in total. The van der Waals surface area contributed by atoms with Crippen molar-refractivity contribution in [3.8, 4) is 0 Å². The monoisotopic (exact) mass is 415 g/mol. The van der Waals surface area contributed by atoms with Gasteiger partial charge in [0.2, 0.25) is 10.0 Å². The van der Waals surface area contributed by atoms with Gasteiger partial charge in [0.1, 0.15) is 0 Å². The zero-order chi connectivity index (χ0) is 18.7. The summed E-state index contributed by atoms with van der Waals surface area (Å²) in [6.07, 6.45) is 4.87. The van der Waals surface area contributed by atoms with Crippen LogP contribution in [0.1, 0.15) is 49.4 Å². The fraction of sp³-hybridized carbons (Fsp3) is 0.632. The first-order chi connectivity index (χ1) is 12.4. The van der Waals surface area contributed by atoms with Crippen LogP contribution in [0.25, 0.3) is 0 Å². The van der Waals surface area contributed by atoms with E-state index in [1.54, 1.807) is 16.4 Å². The second-order valence-electron chi connectivity index (χ2n) is 7.62. The highest BCUT2D eigenvalue weighted by Gasteiger charge is 2.29. The Kier molecular flexibility index (Phi) is 7.68. The molecule has 1 saturated carbocycles. The van der Waals surface area contributed by atoms with Crippen molar-refractivity contribution in [2.24, 2.45) is 17.6 Å². The molecule has 1 aromatic carbocycles. The van der Waals surface area contributed by atoms with Crippen molar-refractivity contribution in [1.29, 1.82) is 0 Å². The molecular weight excluding hydrogens is 386 g/mol. The molecular formula is C19H30ClN3O3S. The number of rotatable bonds is 5. The van der Waals surface area contributed by atoms with Crippen LogP contribution in [0.5, 0.6) is 0 Å². The third-order valence-electron chi connectivity index (χ3n) is 5.78. The molecule has 0 aromatic heterocycles. The van der Waals surface area contributed by atoms with Crippen molar-refractivity contribution in [2.75, 3.05) is 19.6 Å². The number of carbonyl (C=O) groups excluding carboxylic acids is 1. The zero-order valence-electron chi connectivity index (χ0n) is 15.8. The molecule has 2 aliphatic rings. The van der Waals surface area contributed by atoms with Gasteiger partial charge in [0.25, 0.3) is 5.91 Å². The Morgan fingerprint density at radius 1 is 1.15 bits per heavy atom. The number of amides is 1. The molecule has 2 atom stereocenters. The van der Waals surface area contributed by atoms with Gasteiger partial charge in [0, 0.05) is 24.7 Å². The quantitative estimate of drug-likeness (QED) is 0.772. The molecule has 0 bridgehead atoms. The van der Waals surface area contributed by atoms with E-state index in [0.29, 0.717) is 37.0 Å². The maximum Gasteiger partial charge on any atom is 0.251 e. The van der Waals surface area contributed by atoms with Gasteiger partial charge >= 0.3 is 0 Å². The Morgan fingerprint density at radius 2 is 1.78 bits per heavy atom. The third-order valence-corrected chi connectivity index (χ3v) is 7.69. The van der Waals surface area contributed by atoms with Crippen molar-refractivity contribution >= 4 is 28.3 Å². The standard InChI is InChI=1S/C19H29N3O3S.ClH/c1-14-9-11-22(12-10-14)26(24,25)17-7-5-15(6-8-17)19(23)21-18-4-2-3-16(18)13-20;/h5-8,14,16,18H,2-4,9-13,20H2,1H3,(H,21,23);1H. The molecule has 1 heterocycles. The first-order valence-electron chi connectivity index (χ1n) is 9.53. The van der Waals surface area contributed by atoms with Crippen molar-refractivity contribution in [3.63, 3.8) is 0 Å². The highest BCUT2D eigenvalue weighted by molar-refractivity contribution is 7.89. The highest BCUT2D eigenvalue weighted by Crippen LogP contribution is 2.26. The molecule has 2 fully saturated rings. The van der Waals surface area contributed by atoms with E-state index in [4.69, 9.17) is 5.73 Å². The summed E-state index contributed by atoms with van der Waals surface area (Å²) in [5, 5.41) is 3.04. The molecule has 1 aromatic rings. The topological polar surface area (TPSA) is 92.5 Å². The van der Waals surface area contributed by atoms with Crippen LogP contribution in [0.2, 0.25) is 0 Å². The summed E-state index contributed by atoms with van der Waals surface area (Å²) < 4.78 is 27.0. The molecule has 0 spiro atoms. The molecule has 152 valence electrons. The Hall–Kier alpha value is -1.15. The lowest BCUT2D eigenvalue weighted by Gasteiger charge is -2.29. The molecule has 1 aliphatic heterocycles. The summed E-state index contributed by atoms with van der Waals surface area (Å²) >= 11 is 0. The fourth-order valence-corrected chi connectivity index (χ4v) is 5.38. The van der Waals surface area contributed by atoms with E-state index in [2.05, 4.69) is 12.2 Å². The van der Waals surface area contributed by atoms with Gasteiger partial charge in [-0.2, -0.15) is 4.31 Å². The minimum Gasteiger partial charge on any atom is -0.349 e. The average Bonchev–Trinajstić information content (AvgIpc) is 3.09. The Balaban J connectivity index is 0.00000261. The van der Waals surface area contributed by atoms with Crippen LogP contribution in [0, 0.1) is 11.8 Å². The van der Waals surface area contributed by atoms with Gasteiger partial charge in [-0.05, 0) is 68.3 Å². The number of piperidine rings is 1. The van der Waals surface area contributed by atoms with Gasteiger partial charge in [-0.15, -0.1) is 12.4 Å². The third kappa shape index (κ3) is 5.02. The van der Waals surface area contributed by atoms with Crippen LogP contribution in [-0.2, 0) is 10.0 Å². The van der Waals surface area contributed by atoms with Crippen LogP contribution < -0.4 is 11.1 Å². The van der Waals surface area contributed by atoms with Crippen molar-refractivity contribution in [2.45, 2.75) is 50.0 Å². The normalized spacial score (nSPS) is 24.4. The summed E-state index contributed by atoms with van der Waals surface area (Å²) in [5.74, 6) is 0.742. The Labute approximate surface area is 168 Å². The number of carbonyl (C=O) groups is 1. The van der Waals surface area contributed by atoms with Gasteiger partial charge in [-0.25, -0.2) is 8.42 Å². The molecule has 1 aliphatic carbocycles. The summed E-state index contributed by atoms with van der Waals surface area (Å²) in [6, 6.07) is 6.39. The number of nitrogens with two attached hydrogens (primary N) is 1. The number of hydrogen-bond donors (Lipinski definition) is 2. The van der Waals surface area contributed by atoms with Gasteiger partial charge in [0.15, 0.2) is 0 Å². The maximum atomic E-state index is 12.7. The highest BCUT2D eigenvalue weighted by atomic mass is 35.5. The van der Waals surface area contributed by atoms with Gasteiger partial charge in [-0.1, -0.05) is 13.3 Å². The van der Waals surface area contributed by atoms with Gasteiger partial charge in [0.05, 0.1) is 4.90 Å². The second-order valence-corrected chi connectivity index (χ2v) is 9.56. The molecule has 27 heavy (non-hydrogen) atoms. The molecule has 8 heteroatoms. The molecule has 6 nitrogen and oxygen atoms in total. The smallest absolute Gasteiger partial charge is 0.251 e. The van der Waals surface area contributed by atoms with Crippen LogP contribution in [0.3, 0.4) is 0 Å². The van der Waals surface area contributed by atoms with Crippen LogP contribution in [0.4, 0.5) is 0 Å². The van der Waals surface area contributed by atoms with E-state index >= 15 is 0 Å². The van der Waals surface area contributed by atoms with Gasteiger partial charge < -0.3 is 11.1 Å². The molecule has 0 radical (unpaired) electrons. The van der Waals surface area contributed by atoms with Crippen LogP contribution in [-0.4, -0.2) is 44.3 Å². The summed E-state index contributed by atoms with van der Waals surface area (Å²) in [7, 11) is -3.48. The number of sulfonamides is 1. The van der Waals surface area contributed by atoms with Crippen molar-refractivity contribution in [3.05, 3.63) is 29.8 Å². The second kappa shape index (κ2) is 9.37. The predicted octanol–water partition coefficient (Wildman–Crippen LogP) is 2.39. The zero-order valence-corrected chi connectivity index (χ0v) is 17.4. The summed E-state index contributed by atoms with van der Waals surface area (Å²) in [5.41, 5.74) is 6.25. The van der Waals surface area contributed by atoms with E-state index in [9.17, 15) is 13.2 Å². The number of nitrogens with zero attached hydrogens (tertiary/aromatic N) is 1. The summed E-state index contributed by atoms with van der Waals surface area (Å²) in [6.45, 7) is 3.86. The van der Waals surface area contributed by atoms with Crippen molar-refractivity contribution < 1.29 is 13.2 Å². The van der Waals surface area contributed by atoms with Crippen LogP contribution >= 0.6 is 12.4 Å². The largest absolute Gasteiger partial charge is 0.349 e. The summed E-state index contributed by atoms with van der Waals surface area (Å²) in [4.78, 5) is 12.7. The molecule has 2 unspecified atom stereocenters. The Morgan fingerprint density at radius 3 is 2.37 bits per heavy atom. The maximum absolute atomic E-state index is 12.7. The van der Waals surface area contributed by atoms with E-state index in [1.165, 1.54) is 12.1 Å². The molecule has 1 amide bonds. The molecule has 3 rings (SSSR count). The van der Waals surface area contributed by atoms with E-state index in [0.717, 1.165) is 32.1 Å². The minimum atomic E-state index is -3.48. The average molecular weight is 416 g/mol. The van der Waals surface area contributed by atoms with E-state index in [1.807, 2.05) is 0 Å². The first-order valence-corrected chi connectivity index (χ1v) is 11.0. The van der Waals surface area contributed by atoms with Crippen LogP contribution in [0.15, 0.2) is 29.2 Å². The lowest BCUT2D eigenvalue weighted by Crippen LogP contribution is -2.40. The number of halogens is 1. The predicted molar refractivity (Wildman–Crippen MR) is 108 cm³/mol. The number of hydrogen-bond acceptors (Lipinski definition) is 4. The number of nitrogens with one attached hydrogen (secondary N) is 1. The fourth-order valence-electron chi connectivity index (χ4n) is 3.91. The lowest BCUT2D eigenvalue weighted by atomic mass is 10.0. The first kappa shape index (κ1) is 22.1. The Bertz CT molecular complexity index is 731. The number of benzene rings is 1. The van der Waals surface area contributed by atoms with E-state index in [-0.39, 0.29) is 29.3 Å². The SMILES string of the molecule is CC1CCN(S(=O)(=O)c2ccc(C(=O)NC3CCCC3CN)cc2)CC1.Cl. The lowest BCUT2D eigenvalue weighted by molar-refractivity contribution is 0.0928.